The number of aromatic nitrogens is 2. The van der Waals surface area contributed by atoms with Crippen LogP contribution in [0.4, 0.5) is 0 Å². The van der Waals surface area contributed by atoms with Crippen molar-refractivity contribution in [3.05, 3.63) is 72.8 Å². The molecule has 0 aliphatic carbocycles. The van der Waals surface area contributed by atoms with Gasteiger partial charge in [-0.05, 0) is 44.2 Å². The fraction of sp³-hybridized carbons (Fsp3) is 0.200. The second-order valence-corrected chi connectivity index (χ2v) is 8.67. The predicted molar refractivity (Wildman–Crippen MR) is 110 cm³/mol. The molecule has 1 aromatic carbocycles. The summed E-state index contributed by atoms with van der Waals surface area (Å²) in [7, 11) is 0. The van der Waals surface area contributed by atoms with Crippen molar-refractivity contribution in [3.63, 3.8) is 0 Å². The lowest BCUT2D eigenvalue weighted by Gasteiger charge is -2.22. The van der Waals surface area contributed by atoms with E-state index in [0.717, 1.165) is 36.8 Å². The minimum Gasteiger partial charge on any atom is -0.489 e. The molecular weight excluding hydrogens is 440 g/mol. The van der Waals surface area contributed by atoms with E-state index >= 15 is 0 Å². The van der Waals surface area contributed by atoms with Crippen LogP contribution in [0.1, 0.15) is 32.5 Å². The van der Waals surface area contributed by atoms with Crippen molar-refractivity contribution in [1.82, 2.24) is 10.2 Å². The van der Waals surface area contributed by atoms with Crippen LogP contribution in [0.2, 0.25) is 0 Å². The molecule has 0 fully saturated rings. The highest BCUT2D eigenvalue weighted by Crippen LogP contribution is 2.45. The quantitative estimate of drug-likeness (QED) is 0.595. The zero-order chi connectivity index (χ0) is 19.8. The van der Waals surface area contributed by atoms with Crippen molar-refractivity contribution in [2.24, 2.45) is 5.73 Å². The van der Waals surface area contributed by atoms with Gasteiger partial charge < -0.3 is 15.2 Å². The molecule has 2 aromatic heterocycles. The molecule has 3 N–H and O–H groups in total. The van der Waals surface area contributed by atoms with Crippen LogP contribution < -0.4 is 15.2 Å². The average Bonchev–Trinajstić information content (AvgIpc) is 3.23. The number of hydrogen-bond donors (Lipinski definition) is 2. The maximum absolute atomic E-state index is 9.68. The Morgan fingerprint density at radius 2 is 2.11 bits per heavy atom. The molecule has 6 nitrogen and oxygen atoms in total. The molecule has 3 aromatic rings. The number of nitrogens with two attached hydrogens (primary N) is 1. The number of ether oxygens (including phenoxy) is 2. The van der Waals surface area contributed by atoms with Crippen LogP contribution in [0, 0.1) is 25.2 Å². The Bertz CT molecular complexity index is 1110. The zero-order valence-corrected chi connectivity index (χ0v) is 17.6. The molecule has 1 atom stereocenters. The number of hydrogen-bond acceptors (Lipinski definition) is 6. The topological polar surface area (TPSA) is 97.0 Å². The number of benzene rings is 1. The molecule has 1 aliphatic rings. The molecule has 8 heteroatoms. The van der Waals surface area contributed by atoms with Gasteiger partial charge in [0, 0.05) is 25.5 Å². The summed E-state index contributed by atoms with van der Waals surface area (Å²) in [5, 5.41) is 16.8. The van der Waals surface area contributed by atoms with Crippen LogP contribution in [0.5, 0.6) is 11.6 Å². The number of aryl methyl sites for hydroxylation is 2. The van der Waals surface area contributed by atoms with E-state index in [1.807, 2.05) is 31.2 Å². The van der Waals surface area contributed by atoms with Crippen LogP contribution in [0.3, 0.4) is 0 Å². The molecule has 1 aliphatic heterocycles. The molecule has 4 rings (SSSR count). The highest BCUT2D eigenvalue weighted by molar-refractivity contribution is 9.10. The second-order valence-electron chi connectivity index (χ2n) is 6.47. The Hall–Kier alpha value is -2.76. The fourth-order valence-electron chi connectivity index (χ4n) is 3.21. The molecule has 0 spiro atoms. The van der Waals surface area contributed by atoms with Crippen LogP contribution in [0.15, 0.2) is 46.3 Å². The number of thiophene rings is 1. The van der Waals surface area contributed by atoms with Gasteiger partial charge in [-0.15, -0.1) is 16.4 Å². The number of H-pyrrole nitrogens is 1. The highest BCUT2D eigenvalue weighted by atomic mass is 79.9. The fourth-order valence-corrected chi connectivity index (χ4v) is 4.63. The molecular formula is C20H17BrN4O2S. The van der Waals surface area contributed by atoms with Gasteiger partial charge in [-0.1, -0.05) is 15.9 Å². The number of aromatic amines is 1. The van der Waals surface area contributed by atoms with E-state index in [4.69, 9.17) is 15.2 Å². The lowest BCUT2D eigenvalue weighted by Crippen LogP contribution is -2.20. The van der Waals surface area contributed by atoms with Gasteiger partial charge in [0.1, 0.15) is 24.0 Å². The summed E-state index contributed by atoms with van der Waals surface area (Å²) in [6.07, 6.45) is 0. The average molecular weight is 457 g/mol. The molecule has 0 saturated carbocycles. The minimum atomic E-state index is -0.294. The van der Waals surface area contributed by atoms with E-state index < -0.39 is 0 Å². The van der Waals surface area contributed by atoms with E-state index in [1.54, 1.807) is 11.3 Å². The second kappa shape index (κ2) is 7.34. The molecule has 142 valence electrons. The van der Waals surface area contributed by atoms with Gasteiger partial charge in [0.15, 0.2) is 0 Å². The Balaban J connectivity index is 1.66. The van der Waals surface area contributed by atoms with Gasteiger partial charge in [-0.25, -0.2) is 0 Å². The Kier molecular flexibility index (Phi) is 4.87. The molecule has 28 heavy (non-hydrogen) atoms. The SMILES string of the molecule is Cc1[nH]nc2c1C(c1cc(COc3ccc(Br)cc3)c(C)s1)C(C#N)=C(N)O2. The van der Waals surface area contributed by atoms with Crippen LogP contribution in [-0.2, 0) is 6.61 Å². The summed E-state index contributed by atoms with van der Waals surface area (Å²) >= 11 is 5.05. The first-order valence-corrected chi connectivity index (χ1v) is 10.2. The maximum atomic E-state index is 9.68. The van der Waals surface area contributed by atoms with Crippen molar-refractivity contribution in [2.75, 3.05) is 0 Å². The van der Waals surface area contributed by atoms with Gasteiger partial charge in [-0.3, -0.25) is 5.10 Å². The Morgan fingerprint density at radius 1 is 1.36 bits per heavy atom. The predicted octanol–water partition coefficient (Wildman–Crippen LogP) is 4.65. The van der Waals surface area contributed by atoms with Crippen LogP contribution >= 0.6 is 27.3 Å². The normalized spacial score (nSPS) is 15.7. The highest BCUT2D eigenvalue weighted by Gasteiger charge is 2.35. The van der Waals surface area contributed by atoms with E-state index in [-0.39, 0.29) is 11.8 Å². The molecule has 0 bridgehead atoms. The lowest BCUT2D eigenvalue weighted by molar-refractivity contribution is 0.306. The van der Waals surface area contributed by atoms with Crippen LogP contribution in [-0.4, -0.2) is 10.2 Å². The van der Waals surface area contributed by atoms with Crippen molar-refractivity contribution in [1.29, 1.82) is 5.26 Å². The first-order chi connectivity index (χ1) is 13.5. The third kappa shape index (κ3) is 3.28. The Labute approximate surface area is 174 Å². The van der Waals surface area contributed by atoms with Crippen molar-refractivity contribution >= 4 is 27.3 Å². The van der Waals surface area contributed by atoms with E-state index in [2.05, 4.69) is 45.2 Å². The first kappa shape index (κ1) is 18.6. The van der Waals surface area contributed by atoms with Gasteiger partial charge in [0.05, 0.1) is 11.5 Å². The van der Waals surface area contributed by atoms with E-state index in [0.29, 0.717) is 18.1 Å². The number of halogens is 1. The number of fused-ring (bicyclic) bond motifs is 1. The molecule has 0 radical (unpaired) electrons. The van der Waals surface area contributed by atoms with Crippen molar-refractivity contribution in [3.8, 4) is 17.7 Å². The van der Waals surface area contributed by atoms with Crippen molar-refractivity contribution < 1.29 is 9.47 Å². The van der Waals surface area contributed by atoms with Crippen molar-refractivity contribution in [2.45, 2.75) is 26.4 Å². The molecule has 3 heterocycles. The largest absolute Gasteiger partial charge is 0.489 e. The number of nitriles is 1. The number of rotatable bonds is 4. The summed E-state index contributed by atoms with van der Waals surface area (Å²) in [5.74, 6) is 1.04. The standard InChI is InChI=1S/C20H17BrN4O2S/c1-10-17-18(15(8-22)19(23)27-20(17)25-24-10)16-7-12(11(2)28-16)9-26-14-5-3-13(21)4-6-14/h3-7,18H,9,23H2,1-2H3,(H,24,25). The molecule has 0 saturated heterocycles. The Morgan fingerprint density at radius 3 is 2.82 bits per heavy atom. The third-order valence-electron chi connectivity index (χ3n) is 4.66. The van der Waals surface area contributed by atoms with Crippen LogP contribution in [0.25, 0.3) is 0 Å². The molecule has 0 amide bonds. The lowest BCUT2D eigenvalue weighted by atomic mass is 9.88. The third-order valence-corrected chi connectivity index (χ3v) is 6.35. The zero-order valence-electron chi connectivity index (χ0n) is 15.2. The maximum Gasteiger partial charge on any atom is 0.244 e. The van der Waals surface area contributed by atoms with Gasteiger partial charge in [-0.2, -0.15) is 5.26 Å². The number of allylic oxidation sites excluding steroid dienone is 1. The van der Waals surface area contributed by atoms with Gasteiger partial charge in [0.25, 0.3) is 0 Å². The summed E-state index contributed by atoms with van der Waals surface area (Å²) < 4.78 is 12.5. The van der Waals surface area contributed by atoms with E-state index in [1.165, 1.54) is 0 Å². The summed E-state index contributed by atoms with van der Waals surface area (Å²) in [6.45, 7) is 4.41. The minimum absolute atomic E-state index is 0.102. The summed E-state index contributed by atoms with van der Waals surface area (Å²) in [4.78, 5) is 2.15. The van der Waals surface area contributed by atoms with E-state index in [9.17, 15) is 5.26 Å². The smallest absolute Gasteiger partial charge is 0.244 e. The molecule has 1 unspecified atom stereocenters. The summed E-state index contributed by atoms with van der Waals surface area (Å²) in [6, 6.07) is 12.0. The van der Waals surface area contributed by atoms with Gasteiger partial charge in [0.2, 0.25) is 11.8 Å². The van der Waals surface area contributed by atoms with Gasteiger partial charge >= 0.3 is 0 Å². The first-order valence-electron chi connectivity index (χ1n) is 8.58. The number of nitrogens with zero attached hydrogens (tertiary/aromatic N) is 2. The monoisotopic (exact) mass is 456 g/mol. The number of nitrogens with one attached hydrogen (secondary N) is 1. The summed E-state index contributed by atoms with van der Waals surface area (Å²) in [5.41, 5.74) is 9.18.